The quantitative estimate of drug-likeness (QED) is 0.455. The predicted octanol–water partition coefficient (Wildman–Crippen LogP) is 5.00. The minimum absolute atomic E-state index is 0.271. The smallest absolute Gasteiger partial charge is 0.168 e. The van der Waals surface area contributed by atoms with Crippen LogP contribution in [-0.2, 0) is 4.74 Å². The van der Waals surface area contributed by atoms with E-state index >= 15 is 0 Å². The van der Waals surface area contributed by atoms with Gasteiger partial charge < -0.3 is 9.84 Å². The number of hydrogen-bond donors (Lipinski definition) is 1. The lowest BCUT2D eigenvalue weighted by molar-refractivity contribution is 0.0453. The molecule has 116 valence electrons. The lowest BCUT2D eigenvalue weighted by Crippen LogP contribution is -2.28. The first-order chi connectivity index (χ1) is 9.88. The fraction of sp³-hybridized carbons (Fsp3) is 0.500. The topological polar surface area (TPSA) is 29.5 Å². The zero-order valence-electron chi connectivity index (χ0n) is 13.6. The van der Waals surface area contributed by atoms with Crippen LogP contribution in [0.1, 0.15) is 40.5 Å². The molecule has 0 saturated heterocycles. The summed E-state index contributed by atoms with van der Waals surface area (Å²) in [6, 6.07) is 10.2. The normalized spacial score (nSPS) is 12.5. The molecule has 1 aromatic rings. The Morgan fingerprint density at radius 2 is 1.90 bits per heavy atom. The second-order valence-electron chi connectivity index (χ2n) is 6.05. The third-order valence-electron chi connectivity index (χ3n) is 3.01. The van der Waals surface area contributed by atoms with Gasteiger partial charge in [-0.15, -0.1) is 0 Å². The maximum absolute atomic E-state index is 10.4. The number of aliphatic hydroxyl groups is 1. The molecule has 0 bridgehead atoms. The molecule has 3 heteroatoms. The summed E-state index contributed by atoms with van der Waals surface area (Å²) in [6.07, 6.45) is 1.29. The van der Waals surface area contributed by atoms with E-state index in [2.05, 4.69) is 24.8 Å². The first kappa shape index (κ1) is 17.9. The van der Waals surface area contributed by atoms with Crippen LogP contribution in [0.15, 0.2) is 51.6 Å². The van der Waals surface area contributed by atoms with Crippen LogP contribution in [-0.4, -0.2) is 18.3 Å². The van der Waals surface area contributed by atoms with Crippen molar-refractivity contribution in [3.63, 3.8) is 0 Å². The van der Waals surface area contributed by atoms with Crippen molar-refractivity contribution in [1.82, 2.24) is 0 Å². The van der Waals surface area contributed by atoms with Gasteiger partial charge in [-0.1, -0.05) is 69.8 Å². The van der Waals surface area contributed by atoms with E-state index in [-0.39, 0.29) is 5.41 Å². The third-order valence-corrected chi connectivity index (χ3v) is 4.07. The van der Waals surface area contributed by atoms with Crippen LogP contribution in [0.2, 0.25) is 0 Å². The molecule has 0 aliphatic carbocycles. The number of rotatable bonds is 6. The minimum Gasteiger partial charge on any atom is -0.490 e. The van der Waals surface area contributed by atoms with Crippen LogP contribution in [0.4, 0.5) is 0 Å². The van der Waals surface area contributed by atoms with Gasteiger partial charge in [0.1, 0.15) is 6.10 Å². The SMILES string of the molecule is CCCC(=C=C(OC)C(O)C(C)(C)C)Sc1ccccc1. The van der Waals surface area contributed by atoms with Gasteiger partial charge in [0, 0.05) is 9.80 Å². The molecular weight excluding hydrogens is 280 g/mol. The Morgan fingerprint density at radius 1 is 1.29 bits per heavy atom. The summed E-state index contributed by atoms with van der Waals surface area (Å²) >= 11 is 1.68. The molecule has 0 fully saturated rings. The summed E-state index contributed by atoms with van der Waals surface area (Å²) < 4.78 is 5.37. The Balaban J connectivity index is 3.12. The lowest BCUT2D eigenvalue weighted by atomic mass is 9.88. The molecular formula is C18H26O2S. The average Bonchev–Trinajstić information content (AvgIpc) is 2.44. The molecule has 0 amide bonds. The van der Waals surface area contributed by atoms with Crippen molar-refractivity contribution in [2.24, 2.45) is 5.41 Å². The van der Waals surface area contributed by atoms with Crippen LogP contribution >= 0.6 is 11.8 Å². The monoisotopic (exact) mass is 306 g/mol. The second kappa shape index (κ2) is 8.33. The van der Waals surface area contributed by atoms with E-state index in [9.17, 15) is 5.11 Å². The summed E-state index contributed by atoms with van der Waals surface area (Å²) in [5.41, 5.74) is 3.01. The van der Waals surface area contributed by atoms with Crippen LogP contribution in [0.3, 0.4) is 0 Å². The number of methoxy groups -OCH3 is 1. The molecule has 0 aliphatic heterocycles. The van der Waals surface area contributed by atoms with E-state index in [4.69, 9.17) is 4.74 Å². The van der Waals surface area contributed by atoms with E-state index in [1.807, 2.05) is 39.0 Å². The fourth-order valence-electron chi connectivity index (χ4n) is 1.76. The summed E-state index contributed by atoms with van der Waals surface area (Å²) in [5, 5.41) is 10.4. The van der Waals surface area contributed by atoms with E-state index in [0.29, 0.717) is 5.76 Å². The molecule has 1 aromatic carbocycles. The molecule has 1 rings (SSSR count). The standard InChI is InChI=1S/C18H26O2S/c1-6-10-15(21-14-11-8-7-9-12-14)13-16(20-5)17(19)18(2,3)4/h7-9,11-12,17,19H,6,10H2,1-5H3. The van der Waals surface area contributed by atoms with Crippen LogP contribution in [0.5, 0.6) is 0 Å². The molecule has 1 N–H and O–H groups in total. The predicted molar refractivity (Wildman–Crippen MR) is 90.2 cm³/mol. The molecule has 0 radical (unpaired) electrons. The summed E-state index contributed by atoms with van der Waals surface area (Å²) in [6.45, 7) is 8.10. The maximum Gasteiger partial charge on any atom is 0.168 e. The molecule has 0 aromatic heterocycles. The Morgan fingerprint density at radius 3 is 2.38 bits per heavy atom. The van der Waals surface area contributed by atoms with Gasteiger partial charge in [-0.2, -0.15) is 0 Å². The van der Waals surface area contributed by atoms with Crippen molar-refractivity contribution in [1.29, 1.82) is 0 Å². The molecule has 1 unspecified atom stereocenters. The highest BCUT2D eigenvalue weighted by Gasteiger charge is 2.26. The molecule has 0 saturated carbocycles. The number of ether oxygens (including phenoxy) is 1. The molecule has 0 heterocycles. The number of thioether (sulfide) groups is 1. The van der Waals surface area contributed by atoms with Crippen molar-refractivity contribution in [3.8, 4) is 0 Å². The van der Waals surface area contributed by atoms with Crippen molar-refractivity contribution < 1.29 is 9.84 Å². The number of benzene rings is 1. The van der Waals surface area contributed by atoms with Crippen molar-refractivity contribution in [2.45, 2.75) is 51.5 Å². The summed E-state index contributed by atoms with van der Waals surface area (Å²) in [4.78, 5) is 2.26. The molecule has 0 aliphatic rings. The van der Waals surface area contributed by atoms with Crippen molar-refractivity contribution >= 4 is 11.8 Å². The summed E-state index contributed by atoms with van der Waals surface area (Å²) in [7, 11) is 1.59. The fourth-order valence-corrected chi connectivity index (χ4v) is 2.79. The van der Waals surface area contributed by atoms with E-state index in [1.54, 1.807) is 18.9 Å². The third kappa shape index (κ3) is 6.01. The molecule has 2 nitrogen and oxygen atoms in total. The number of aliphatic hydroxyl groups excluding tert-OH is 1. The average molecular weight is 306 g/mol. The highest BCUT2D eigenvalue weighted by molar-refractivity contribution is 8.03. The second-order valence-corrected chi connectivity index (χ2v) is 7.22. The van der Waals surface area contributed by atoms with E-state index < -0.39 is 6.10 Å². The van der Waals surface area contributed by atoms with Gasteiger partial charge in [0.15, 0.2) is 5.76 Å². The van der Waals surface area contributed by atoms with E-state index in [0.717, 1.165) is 17.7 Å². The maximum atomic E-state index is 10.4. The van der Waals surface area contributed by atoms with Gasteiger partial charge in [-0.25, -0.2) is 0 Å². The Hall–Kier alpha value is -1.15. The molecule has 1 atom stereocenters. The van der Waals surface area contributed by atoms with Gasteiger partial charge in [-0.05, 0) is 24.0 Å². The first-order valence-corrected chi connectivity index (χ1v) is 8.14. The number of hydrogen-bond acceptors (Lipinski definition) is 3. The Bertz CT molecular complexity index is 494. The van der Waals surface area contributed by atoms with E-state index in [1.165, 1.54) is 4.90 Å². The van der Waals surface area contributed by atoms with Crippen LogP contribution < -0.4 is 0 Å². The zero-order valence-corrected chi connectivity index (χ0v) is 14.5. The van der Waals surface area contributed by atoms with Crippen molar-refractivity contribution in [2.75, 3.05) is 7.11 Å². The highest BCUT2D eigenvalue weighted by atomic mass is 32.2. The van der Waals surface area contributed by atoms with Gasteiger partial charge in [-0.3, -0.25) is 0 Å². The molecule has 21 heavy (non-hydrogen) atoms. The Labute approximate surface area is 132 Å². The van der Waals surface area contributed by atoms with Crippen LogP contribution in [0, 0.1) is 5.41 Å². The zero-order chi connectivity index (χ0) is 15.9. The van der Waals surface area contributed by atoms with Gasteiger partial charge in [0.05, 0.1) is 7.11 Å². The minimum atomic E-state index is -0.661. The highest BCUT2D eigenvalue weighted by Crippen LogP contribution is 2.31. The van der Waals surface area contributed by atoms with Crippen molar-refractivity contribution in [3.05, 3.63) is 46.7 Å². The lowest BCUT2D eigenvalue weighted by Gasteiger charge is -2.26. The first-order valence-electron chi connectivity index (χ1n) is 7.33. The van der Waals surface area contributed by atoms with Gasteiger partial charge in [0.2, 0.25) is 0 Å². The van der Waals surface area contributed by atoms with Gasteiger partial charge >= 0.3 is 0 Å². The molecule has 0 spiro atoms. The largest absolute Gasteiger partial charge is 0.490 e. The Kier molecular flexibility index (Phi) is 7.10. The van der Waals surface area contributed by atoms with Gasteiger partial charge in [0.25, 0.3) is 0 Å². The van der Waals surface area contributed by atoms with Crippen LogP contribution in [0.25, 0.3) is 0 Å². The summed E-state index contributed by atoms with van der Waals surface area (Å²) in [5.74, 6) is 0.509.